The van der Waals surface area contributed by atoms with Gasteiger partial charge >= 0.3 is 0 Å². The molecule has 0 spiro atoms. The summed E-state index contributed by atoms with van der Waals surface area (Å²) in [5.74, 6) is 0.114. The summed E-state index contributed by atoms with van der Waals surface area (Å²) in [6, 6.07) is 5.65. The Labute approximate surface area is 110 Å². The molecule has 0 saturated heterocycles. The van der Waals surface area contributed by atoms with Crippen LogP contribution in [-0.2, 0) is 0 Å². The van der Waals surface area contributed by atoms with Crippen molar-refractivity contribution >= 4 is 11.5 Å². The number of ketones is 1. The van der Waals surface area contributed by atoms with Gasteiger partial charge in [0.25, 0.3) is 5.69 Å². The van der Waals surface area contributed by atoms with E-state index in [1.165, 1.54) is 24.3 Å². The van der Waals surface area contributed by atoms with E-state index >= 15 is 0 Å². The van der Waals surface area contributed by atoms with Crippen molar-refractivity contribution < 1.29 is 9.72 Å². The van der Waals surface area contributed by atoms with Crippen LogP contribution in [0, 0.1) is 10.1 Å². The van der Waals surface area contributed by atoms with Crippen molar-refractivity contribution in [3.63, 3.8) is 0 Å². The van der Waals surface area contributed by atoms with Gasteiger partial charge in [-0.1, -0.05) is 13.8 Å². The number of nitrogens with zero attached hydrogens (tertiary/aromatic N) is 1. The van der Waals surface area contributed by atoms with Gasteiger partial charge in [-0.15, -0.1) is 0 Å². The third kappa shape index (κ3) is 2.54. The lowest BCUT2D eigenvalue weighted by Gasteiger charge is -2.06. The smallest absolute Gasteiger partial charge is 0.269 e. The molecule has 0 aliphatic carbocycles. The van der Waals surface area contributed by atoms with Gasteiger partial charge in [-0.05, 0) is 23.6 Å². The Morgan fingerprint density at radius 3 is 2.37 bits per heavy atom. The van der Waals surface area contributed by atoms with Gasteiger partial charge in [-0.2, -0.15) is 0 Å². The van der Waals surface area contributed by atoms with E-state index in [2.05, 4.69) is 4.98 Å². The van der Waals surface area contributed by atoms with Crippen LogP contribution in [0.1, 0.15) is 41.3 Å². The number of benzene rings is 1. The van der Waals surface area contributed by atoms with Crippen LogP contribution in [0.2, 0.25) is 0 Å². The fraction of sp³-hybridized carbons (Fsp3) is 0.214. The lowest BCUT2D eigenvalue weighted by atomic mass is 9.96. The summed E-state index contributed by atoms with van der Waals surface area (Å²) in [6.07, 6.45) is 3.47. The molecule has 5 heteroatoms. The lowest BCUT2D eigenvalue weighted by Crippen LogP contribution is -2.04. The standard InChI is InChI=1S/C14H14N2O3/c1-9(2)12-7-15-8-13(12)14(17)10-3-5-11(6-4-10)16(18)19/h3-9,15H,1-2H3. The second-order valence-corrected chi connectivity index (χ2v) is 4.61. The van der Waals surface area contributed by atoms with Gasteiger partial charge in [0.2, 0.25) is 0 Å². The summed E-state index contributed by atoms with van der Waals surface area (Å²) in [6.45, 7) is 4.02. The van der Waals surface area contributed by atoms with E-state index in [9.17, 15) is 14.9 Å². The highest BCUT2D eigenvalue weighted by atomic mass is 16.6. The van der Waals surface area contributed by atoms with E-state index in [0.29, 0.717) is 11.1 Å². The van der Waals surface area contributed by atoms with Crippen LogP contribution in [0.4, 0.5) is 5.69 Å². The molecule has 0 aliphatic heterocycles. The summed E-state index contributed by atoms with van der Waals surface area (Å²) >= 11 is 0. The first-order valence-electron chi connectivity index (χ1n) is 5.96. The number of non-ortho nitro benzene ring substituents is 1. The number of nitro benzene ring substituents is 1. The number of hydrogen-bond acceptors (Lipinski definition) is 3. The first kappa shape index (κ1) is 13.0. The van der Waals surface area contributed by atoms with Crippen molar-refractivity contribution in [2.45, 2.75) is 19.8 Å². The van der Waals surface area contributed by atoms with Crippen LogP contribution in [0.25, 0.3) is 0 Å². The Balaban J connectivity index is 2.33. The maximum atomic E-state index is 12.3. The molecule has 0 aliphatic rings. The van der Waals surface area contributed by atoms with E-state index in [1.54, 1.807) is 6.20 Å². The third-order valence-corrected chi connectivity index (χ3v) is 2.98. The van der Waals surface area contributed by atoms with Crippen molar-refractivity contribution in [2.24, 2.45) is 0 Å². The van der Waals surface area contributed by atoms with Gasteiger partial charge in [0.05, 0.1) is 4.92 Å². The fourth-order valence-corrected chi connectivity index (χ4v) is 1.94. The third-order valence-electron chi connectivity index (χ3n) is 2.98. The number of hydrogen-bond donors (Lipinski definition) is 1. The van der Waals surface area contributed by atoms with Crippen LogP contribution in [0.5, 0.6) is 0 Å². The maximum Gasteiger partial charge on any atom is 0.269 e. The summed E-state index contributed by atoms with van der Waals surface area (Å²) in [5, 5.41) is 10.6. The fourth-order valence-electron chi connectivity index (χ4n) is 1.94. The summed E-state index contributed by atoms with van der Waals surface area (Å²) < 4.78 is 0. The minimum atomic E-state index is -0.482. The minimum absolute atomic E-state index is 0.0188. The van der Waals surface area contributed by atoms with Crippen molar-refractivity contribution in [2.75, 3.05) is 0 Å². The molecule has 5 nitrogen and oxygen atoms in total. The number of H-pyrrole nitrogens is 1. The highest BCUT2D eigenvalue weighted by Crippen LogP contribution is 2.22. The molecular weight excluding hydrogens is 244 g/mol. The number of nitrogens with one attached hydrogen (secondary N) is 1. The molecule has 2 aromatic rings. The Morgan fingerprint density at radius 2 is 1.84 bits per heavy atom. The topological polar surface area (TPSA) is 76.0 Å². The van der Waals surface area contributed by atoms with Gasteiger partial charge in [0.1, 0.15) is 0 Å². The van der Waals surface area contributed by atoms with E-state index < -0.39 is 4.92 Å². The first-order valence-corrected chi connectivity index (χ1v) is 5.96. The van der Waals surface area contributed by atoms with Gasteiger partial charge in [-0.3, -0.25) is 14.9 Å². The van der Waals surface area contributed by atoms with Gasteiger partial charge in [0, 0.05) is 35.7 Å². The summed E-state index contributed by atoms with van der Waals surface area (Å²) in [4.78, 5) is 25.3. The highest BCUT2D eigenvalue weighted by Gasteiger charge is 2.17. The molecule has 1 aromatic heterocycles. The lowest BCUT2D eigenvalue weighted by molar-refractivity contribution is -0.384. The number of aromatic amines is 1. The number of carbonyl (C=O) groups is 1. The van der Waals surface area contributed by atoms with Crippen LogP contribution in [0.15, 0.2) is 36.7 Å². The normalized spacial score (nSPS) is 10.7. The van der Waals surface area contributed by atoms with Gasteiger partial charge in [0.15, 0.2) is 5.78 Å². The summed E-state index contributed by atoms with van der Waals surface area (Å²) in [7, 11) is 0. The molecule has 0 saturated carbocycles. The van der Waals surface area contributed by atoms with Crippen molar-refractivity contribution in [1.82, 2.24) is 4.98 Å². The van der Waals surface area contributed by atoms with Crippen LogP contribution >= 0.6 is 0 Å². The predicted molar refractivity (Wildman–Crippen MR) is 71.4 cm³/mol. The molecule has 0 bridgehead atoms. The maximum absolute atomic E-state index is 12.3. The molecule has 1 aromatic carbocycles. The Morgan fingerprint density at radius 1 is 1.21 bits per heavy atom. The van der Waals surface area contributed by atoms with E-state index in [0.717, 1.165) is 5.56 Å². The molecule has 0 amide bonds. The molecular formula is C14H14N2O3. The number of aromatic nitrogens is 1. The molecule has 19 heavy (non-hydrogen) atoms. The molecule has 0 radical (unpaired) electrons. The largest absolute Gasteiger partial charge is 0.367 e. The van der Waals surface area contributed by atoms with Crippen LogP contribution in [0.3, 0.4) is 0 Å². The molecule has 2 rings (SSSR count). The molecule has 1 N–H and O–H groups in total. The molecule has 1 heterocycles. The van der Waals surface area contributed by atoms with Crippen LogP contribution in [-0.4, -0.2) is 15.7 Å². The number of carbonyl (C=O) groups excluding carboxylic acids is 1. The second-order valence-electron chi connectivity index (χ2n) is 4.61. The molecule has 98 valence electrons. The van der Waals surface area contributed by atoms with Crippen molar-refractivity contribution in [3.05, 3.63) is 63.5 Å². The second kappa shape index (κ2) is 5.06. The van der Waals surface area contributed by atoms with Gasteiger partial charge < -0.3 is 4.98 Å². The molecule has 0 fully saturated rings. The van der Waals surface area contributed by atoms with Crippen molar-refractivity contribution in [1.29, 1.82) is 0 Å². The van der Waals surface area contributed by atoms with Crippen molar-refractivity contribution in [3.8, 4) is 0 Å². The zero-order chi connectivity index (χ0) is 14.0. The molecule has 0 unspecified atom stereocenters. The zero-order valence-electron chi connectivity index (χ0n) is 10.7. The summed E-state index contributed by atoms with van der Waals surface area (Å²) in [5.41, 5.74) is 1.99. The average Bonchev–Trinajstić information content (AvgIpc) is 2.87. The zero-order valence-corrected chi connectivity index (χ0v) is 10.7. The number of nitro groups is 1. The van der Waals surface area contributed by atoms with E-state index in [-0.39, 0.29) is 17.4 Å². The Hall–Kier alpha value is -2.43. The number of rotatable bonds is 4. The highest BCUT2D eigenvalue weighted by molar-refractivity contribution is 6.10. The Bertz CT molecular complexity index is 612. The SMILES string of the molecule is CC(C)c1c[nH]cc1C(=O)c1ccc([N+](=O)[O-])cc1. The van der Waals surface area contributed by atoms with E-state index in [1.807, 2.05) is 20.0 Å². The Kier molecular flexibility index (Phi) is 3.46. The van der Waals surface area contributed by atoms with Gasteiger partial charge in [-0.25, -0.2) is 0 Å². The predicted octanol–water partition coefficient (Wildman–Crippen LogP) is 3.28. The minimum Gasteiger partial charge on any atom is -0.367 e. The quantitative estimate of drug-likeness (QED) is 0.519. The average molecular weight is 258 g/mol. The van der Waals surface area contributed by atoms with E-state index in [4.69, 9.17) is 0 Å². The first-order chi connectivity index (χ1) is 9.00. The monoisotopic (exact) mass is 258 g/mol. The molecule has 0 atom stereocenters. The van der Waals surface area contributed by atoms with Crippen LogP contribution < -0.4 is 0 Å².